The molecule has 2 aromatic heterocycles. The van der Waals surface area contributed by atoms with Crippen LogP contribution in [0.25, 0.3) is 0 Å². The van der Waals surface area contributed by atoms with Crippen LogP contribution in [0, 0.1) is 0 Å². The van der Waals surface area contributed by atoms with Crippen molar-refractivity contribution in [1.82, 2.24) is 25.1 Å². The van der Waals surface area contributed by atoms with Gasteiger partial charge in [0.1, 0.15) is 5.82 Å². The van der Waals surface area contributed by atoms with Crippen LogP contribution in [0.2, 0.25) is 0 Å². The lowest BCUT2D eigenvalue weighted by Crippen LogP contribution is -2.31. The number of carbonyl (C=O) groups excluding carboxylic acids is 1. The largest absolute Gasteiger partial charge is 0.363 e. The molecule has 0 spiro atoms. The smallest absolute Gasteiger partial charge is 0.294 e. The second kappa shape index (κ2) is 5.11. The second-order valence-electron chi connectivity index (χ2n) is 5.48. The summed E-state index contributed by atoms with van der Waals surface area (Å²) in [6.07, 6.45) is 3.88. The van der Waals surface area contributed by atoms with Gasteiger partial charge in [-0.15, -0.1) is 5.10 Å². The Morgan fingerprint density at radius 3 is 3.00 bits per heavy atom. The van der Waals surface area contributed by atoms with E-state index < -0.39 is 0 Å². The summed E-state index contributed by atoms with van der Waals surface area (Å²) in [5, 5.41) is 6.90. The summed E-state index contributed by atoms with van der Waals surface area (Å²) in [5.41, 5.74) is 1.08. The number of aromatic nitrogens is 4. The van der Waals surface area contributed by atoms with E-state index in [0.29, 0.717) is 0 Å². The minimum atomic E-state index is -0.0924. The van der Waals surface area contributed by atoms with Gasteiger partial charge < -0.3 is 9.88 Å². The van der Waals surface area contributed by atoms with Crippen molar-refractivity contribution in [1.29, 1.82) is 0 Å². The molecule has 3 heterocycles. The molecule has 106 valence electrons. The number of nitrogens with zero attached hydrogens (tertiary/aromatic N) is 3. The van der Waals surface area contributed by atoms with E-state index >= 15 is 0 Å². The molecule has 0 aliphatic carbocycles. The highest BCUT2D eigenvalue weighted by Crippen LogP contribution is 2.31. The molecule has 1 amide bonds. The summed E-state index contributed by atoms with van der Waals surface area (Å²) in [6.45, 7) is 4.80. The Morgan fingerprint density at radius 2 is 2.35 bits per heavy atom. The Hall–Kier alpha value is -2.11. The number of amides is 1. The van der Waals surface area contributed by atoms with Gasteiger partial charge in [0, 0.05) is 24.4 Å². The van der Waals surface area contributed by atoms with Gasteiger partial charge in [-0.05, 0) is 25.0 Å². The number of hydrogen-bond acceptors (Lipinski definition) is 3. The predicted octanol–water partition coefficient (Wildman–Crippen LogP) is 2.23. The van der Waals surface area contributed by atoms with Gasteiger partial charge >= 0.3 is 0 Å². The van der Waals surface area contributed by atoms with E-state index in [2.05, 4.69) is 20.2 Å². The monoisotopic (exact) mass is 273 g/mol. The van der Waals surface area contributed by atoms with Crippen LogP contribution in [-0.2, 0) is 0 Å². The van der Waals surface area contributed by atoms with Gasteiger partial charge in [-0.2, -0.15) is 0 Å². The maximum Gasteiger partial charge on any atom is 0.294 e. The molecular weight excluding hydrogens is 254 g/mol. The zero-order valence-electron chi connectivity index (χ0n) is 11.8. The van der Waals surface area contributed by atoms with Gasteiger partial charge in [0.2, 0.25) is 5.82 Å². The molecule has 3 rings (SSSR count). The Morgan fingerprint density at radius 1 is 1.50 bits per heavy atom. The zero-order chi connectivity index (χ0) is 14.1. The fraction of sp³-hybridized carbons (Fsp3) is 0.500. The fourth-order valence-corrected chi connectivity index (χ4v) is 2.64. The molecule has 1 fully saturated rings. The molecule has 2 N–H and O–H groups in total. The number of carbonyl (C=O) groups is 1. The molecule has 6 heteroatoms. The van der Waals surface area contributed by atoms with Gasteiger partial charge in [0.15, 0.2) is 0 Å². The third-order valence-corrected chi connectivity index (χ3v) is 3.74. The minimum absolute atomic E-state index is 0.0924. The molecule has 1 aliphatic heterocycles. The van der Waals surface area contributed by atoms with E-state index in [1.165, 1.54) is 0 Å². The van der Waals surface area contributed by atoms with E-state index in [9.17, 15) is 4.79 Å². The van der Waals surface area contributed by atoms with Crippen molar-refractivity contribution >= 4 is 5.91 Å². The molecule has 0 saturated carbocycles. The highest BCUT2D eigenvalue weighted by Gasteiger charge is 2.33. The van der Waals surface area contributed by atoms with Gasteiger partial charge in [0.05, 0.1) is 6.04 Å². The third-order valence-electron chi connectivity index (χ3n) is 3.74. The Balaban J connectivity index is 1.82. The van der Waals surface area contributed by atoms with E-state index in [1.807, 2.05) is 37.1 Å². The lowest BCUT2D eigenvalue weighted by Gasteiger charge is -2.22. The molecule has 0 radical (unpaired) electrons. The standard InChI is InChI=1S/C14H19N5O/c1-9(2)12-16-13(18-17-12)14(20)19-8-4-6-11(19)10-5-3-7-15-10/h3,5,7,9,11,15H,4,6,8H2,1-2H3,(H,16,17,18). The number of likely N-dealkylation sites (tertiary alicyclic amines) is 1. The molecule has 6 nitrogen and oxygen atoms in total. The molecule has 1 saturated heterocycles. The number of H-pyrrole nitrogens is 2. The van der Waals surface area contributed by atoms with Crippen molar-refractivity contribution in [3.63, 3.8) is 0 Å². The highest BCUT2D eigenvalue weighted by atomic mass is 16.2. The average Bonchev–Trinajstić information content (AvgIpc) is 3.17. The molecule has 2 aromatic rings. The van der Waals surface area contributed by atoms with Gasteiger partial charge in [-0.1, -0.05) is 13.8 Å². The maximum absolute atomic E-state index is 12.6. The fourth-order valence-electron chi connectivity index (χ4n) is 2.64. The second-order valence-corrected chi connectivity index (χ2v) is 5.48. The van der Waals surface area contributed by atoms with Crippen molar-refractivity contribution in [2.24, 2.45) is 0 Å². The summed E-state index contributed by atoms with van der Waals surface area (Å²) in [4.78, 5) is 21.9. The topological polar surface area (TPSA) is 77.7 Å². The zero-order valence-corrected chi connectivity index (χ0v) is 11.8. The average molecular weight is 273 g/mol. The Labute approximate surface area is 117 Å². The SMILES string of the molecule is CC(C)c1nc(C(=O)N2CCCC2c2ccc[nH]2)n[nH]1. The van der Waals surface area contributed by atoms with E-state index in [4.69, 9.17) is 0 Å². The lowest BCUT2D eigenvalue weighted by atomic mass is 10.1. The maximum atomic E-state index is 12.6. The van der Waals surface area contributed by atoms with Crippen molar-refractivity contribution in [3.8, 4) is 0 Å². The molecule has 1 atom stereocenters. The number of aromatic amines is 2. The minimum Gasteiger partial charge on any atom is -0.363 e. The van der Waals surface area contributed by atoms with E-state index in [1.54, 1.807) is 0 Å². The van der Waals surface area contributed by atoms with Crippen LogP contribution < -0.4 is 0 Å². The van der Waals surface area contributed by atoms with Crippen LogP contribution in [0.15, 0.2) is 18.3 Å². The van der Waals surface area contributed by atoms with Crippen molar-refractivity contribution in [2.75, 3.05) is 6.54 Å². The van der Waals surface area contributed by atoms with Crippen molar-refractivity contribution in [3.05, 3.63) is 35.7 Å². The Kier molecular flexibility index (Phi) is 3.30. The molecule has 1 unspecified atom stereocenters. The first-order valence-electron chi connectivity index (χ1n) is 7.03. The lowest BCUT2D eigenvalue weighted by molar-refractivity contribution is 0.0721. The van der Waals surface area contributed by atoms with Crippen LogP contribution in [0.4, 0.5) is 0 Å². The first kappa shape index (κ1) is 12.9. The number of hydrogen-bond donors (Lipinski definition) is 2. The molecule has 0 bridgehead atoms. The molecule has 20 heavy (non-hydrogen) atoms. The van der Waals surface area contributed by atoms with E-state index in [0.717, 1.165) is 30.9 Å². The molecular formula is C14H19N5O. The van der Waals surface area contributed by atoms with Crippen LogP contribution in [0.1, 0.15) is 60.8 Å². The summed E-state index contributed by atoms with van der Waals surface area (Å²) in [6, 6.07) is 4.09. The predicted molar refractivity (Wildman–Crippen MR) is 74.3 cm³/mol. The van der Waals surface area contributed by atoms with Crippen LogP contribution in [0.5, 0.6) is 0 Å². The summed E-state index contributed by atoms with van der Waals surface area (Å²) in [7, 11) is 0. The van der Waals surface area contributed by atoms with Gasteiger partial charge in [-0.25, -0.2) is 4.98 Å². The summed E-state index contributed by atoms with van der Waals surface area (Å²) in [5.74, 6) is 1.17. The quantitative estimate of drug-likeness (QED) is 0.900. The van der Waals surface area contributed by atoms with Crippen LogP contribution >= 0.6 is 0 Å². The van der Waals surface area contributed by atoms with Gasteiger partial charge in [0.25, 0.3) is 5.91 Å². The Bertz CT molecular complexity index is 586. The number of rotatable bonds is 3. The summed E-state index contributed by atoms with van der Waals surface area (Å²) < 4.78 is 0. The third kappa shape index (κ3) is 2.21. The van der Waals surface area contributed by atoms with Gasteiger partial charge in [-0.3, -0.25) is 9.89 Å². The first-order chi connectivity index (χ1) is 9.66. The number of nitrogens with one attached hydrogen (secondary N) is 2. The van der Waals surface area contributed by atoms with Crippen molar-refractivity contribution < 1.29 is 4.79 Å². The highest BCUT2D eigenvalue weighted by molar-refractivity contribution is 5.90. The van der Waals surface area contributed by atoms with Crippen molar-refractivity contribution in [2.45, 2.75) is 38.6 Å². The van der Waals surface area contributed by atoms with Crippen LogP contribution in [0.3, 0.4) is 0 Å². The van der Waals surface area contributed by atoms with Crippen LogP contribution in [-0.4, -0.2) is 37.5 Å². The normalized spacial score (nSPS) is 18.9. The summed E-state index contributed by atoms with van der Waals surface area (Å²) >= 11 is 0. The van der Waals surface area contributed by atoms with E-state index in [-0.39, 0.29) is 23.7 Å². The molecule has 0 aromatic carbocycles. The molecule has 1 aliphatic rings. The first-order valence-corrected chi connectivity index (χ1v) is 7.03.